The SMILES string of the molecule is O=C(NC1CC(F)(F)C1)C1=NOC2(CCCN(c3ccncn3)C2)C1. The third-order valence-electron chi connectivity index (χ3n) is 4.96. The van der Waals surface area contributed by atoms with Crippen LogP contribution in [-0.4, -0.2) is 52.2 Å². The van der Waals surface area contributed by atoms with Crippen LogP contribution in [0.4, 0.5) is 14.6 Å². The van der Waals surface area contributed by atoms with Gasteiger partial charge in [0.15, 0.2) is 5.60 Å². The number of oxime groups is 1. The summed E-state index contributed by atoms with van der Waals surface area (Å²) in [6.45, 7) is 1.42. The highest BCUT2D eigenvalue weighted by Gasteiger charge is 2.48. The molecule has 7 nitrogen and oxygen atoms in total. The number of alkyl halides is 2. The van der Waals surface area contributed by atoms with Gasteiger partial charge in [-0.15, -0.1) is 0 Å². The molecule has 2 fully saturated rings. The topological polar surface area (TPSA) is 79.7 Å². The van der Waals surface area contributed by atoms with E-state index < -0.39 is 23.5 Å². The number of halogens is 2. The van der Waals surface area contributed by atoms with Gasteiger partial charge >= 0.3 is 0 Å². The molecule has 4 rings (SSSR count). The zero-order valence-electron chi connectivity index (χ0n) is 13.6. The van der Waals surface area contributed by atoms with Crippen LogP contribution in [0.25, 0.3) is 0 Å². The largest absolute Gasteiger partial charge is 0.386 e. The zero-order chi connectivity index (χ0) is 17.5. The Bertz CT molecular complexity index is 691. The highest BCUT2D eigenvalue weighted by Crippen LogP contribution is 2.38. The molecule has 1 unspecified atom stereocenters. The number of nitrogens with zero attached hydrogens (tertiary/aromatic N) is 4. The molecular formula is C16H19F2N5O2. The first kappa shape index (κ1) is 16.2. The fourth-order valence-electron chi connectivity index (χ4n) is 3.66. The third kappa shape index (κ3) is 3.27. The lowest BCUT2D eigenvalue weighted by molar-refractivity contribution is -0.123. The molecule has 3 heterocycles. The second-order valence-corrected chi connectivity index (χ2v) is 7.02. The van der Waals surface area contributed by atoms with Gasteiger partial charge in [-0.25, -0.2) is 18.7 Å². The number of hydrogen-bond acceptors (Lipinski definition) is 6. The molecule has 0 radical (unpaired) electrons. The first-order valence-electron chi connectivity index (χ1n) is 8.40. The van der Waals surface area contributed by atoms with Gasteiger partial charge < -0.3 is 15.1 Å². The maximum atomic E-state index is 12.9. The molecule has 1 amide bonds. The Kier molecular flexibility index (Phi) is 3.81. The molecule has 1 atom stereocenters. The van der Waals surface area contributed by atoms with Crippen molar-refractivity contribution >= 4 is 17.4 Å². The smallest absolute Gasteiger partial charge is 0.269 e. The molecule has 1 saturated carbocycles. The molecule has 1 saturated heterocycles. The Hall–Kier alpha value is -2.32. The van der Waals surface area contributed by atoms with Gasteiger partial charge in [-0.1, -0.05) is 5.16 Å². The quantitative estimate of drug-likeness (QED) is 0.893. The summed E-state index contributed by atoms with van der Waals surface area (Å²) in [5, 5.41) is 6.56. The molecule has 1 aromatic rings. The van der Waals surface area contributed by atoms with Gasteiger partial charge in [-0.3, -0.25) is 4.79 Å². The van der Waals surface area contributed by atoms with Crippen LogP contribution in [0.1, 0.15) is 32.1 Å². The van der Waals surface area contributed by atoms with E-state index in [9.17, 15) is 13.6 Å². The lowest BCUT2D eigenvalue weighted by Crippen LogP contribution is -2.53. The van der Waals surface area contributed by atoms with Crippen molar-refractivity contribution in [1.82, 2.24) is 15.3 Å². The van der Waals surface area contributed by atoms with Crippen molar-refractivity contribution in [3.63, 3.8) is 0 Å². The second kappa shape index (κ2) is 5.89. The van der Waals surface area contributed by atoms with Gasteiger partial charge in [-0.05, 0) is 18.9 Å². The number of nitrogens with one attached hydrogen (secondary N) is 1. The van der Waals surface area contributed by atoms with Gasteiger partial charge in [0, 0.05) is 38.0 Å². The van der Waals surface area contributed by atoms with E-state index in [4.69, 9.17) is 4.84 Å². The monoisotopic (exact) mass is 351 g/mol. The fraction of sp³-hybridized carbons (Fsp3) is 0.625. The first-order valence-corrected chi connectivity index (χ1v) is 8.40. The third-order valence-corrected chi connectivity index (χ3v) is 4.96. The van der Waals surface area contributed by atoms with Crippen LogP contribution in [-0.2, 0) is 9.63 Å². The van der Waals surface area contributed by atoms with Crippen LogP contribution in [0.5, 0.6) is 0 Å². The number of hydrogen-bond donors (Lipinski definition) is 1. The van der Waals surface area contributed by atoms with E-state index in [0.29, 0.717) is 13.0 Å². The minimum atomic E-state index is -2.66. The van der Waals surface area contributed by atoms with Crippen LogP contribution in [0.2, 0.25) is 0 Å². The molecule has 0 aromatic carbocycles. The van der Waals surface area contributed by atoms with Gasteiger partial charge in [-0.2, -0.15) is 0 Å². The molecule has 134 valence electrons. The first-order chi connectivity index (χ1) is 11.9. The van der Waals surface area contributed by atoms with Crippen molar-refractivity contribution in [2.45, 2.75) is 49.7 Å². The number of rotatable bonds is 3. The highest BCUT2D eigenvalue weighted by molar-refractivity contribution is 6.39. The van der Waals surface area contributed by atoms with Crippen LogP contribution in [0.3, 0.4) is 0 Å². The number of aromatic nitrogens is 2. The van der Waals surface area contributed by atoms with E-state index in [1.54, 1.807) is 6.20 Å². The van der Waals surface area contributed by atoms with Gasteiger partial charge in [0.05, 0.1) is 6.54 Å². The van der Waals surface area contributed by atoms with Crippen LogP contribution < -0.4 is 10.2 Å². The zero-order valence-corrected chi connectivity index (χ0v) is 13.6. The molecule has 2 aliphatic heterocycles. The molecule has 9 heteroatoms. The summed E-state index contributed by atoms with van der Waals surface area (Å²) in [4.78, 5) is 28.1. The van der Waals surface area contributed by atoms with E-state index in [2.05, 4.69) is 25.3 Å². The van der Waals surface area contributed by atoms with Crippen molar-refractivity contribution in [1.29, 1.82) is 0 Å². The van der Waals surface area contributed by atoms with Crippen LogP contribution in [0.15, 0.2) is 23.7 Å². The summed E-state index contributed by atoms with van der Waals surface area (Å²) < 4.78 is 25.8. The average Bonchev–Trinajstić information content (AvgIpc) is 2.97. The maximum absolute atomic E-state index is 12.9. The molecule has 1 spiro atoms. The Morgan fingerprint density at radius 3 is 2.96 bits per heavy atom. The predicted octanol–water partition coefficient (Wildman–Crippen LogP) is 1.51. The van der Waals surface area contributed by atoms with Gasteiger partial charge in [0.1, 0.15) is 17.9 Å². The lowest BCUT2D eigenvalue weighted by atomic mass is 9.86. The minimum Gasteiger partial charge on any atom is -0.386 e. The molecule has 0 bridgehead atoms. The van der Waals surface area contributed by atoms with E-state index in [-0.39, 0.29) is 18.6 Å². The molecule has 25 heavy (non-hydrogen) atoms. The molecule has 3 aliphatic rings. The fourth-order valence-corrected chi connectivity index (χ4v) is 3.66. The molecule has 1 N–H and O–H groups in total. The lowest BCUT2D eigenvalue weighted by Gasteiger charge is -2.38. The van der Waals surface area contributed by atoms with Crippen molar-refractivity contribution in [3.05, 3.63) is 18.6 Å². The second-order valence-electron chi connectivity index (χ2n) is 7.02. The summed E-state index contributed by atoms with van der Waals surface area (Å²) in [5.74, 6) is -2.25. The standard InChI is InChI=1S/C16H19F2N5O2/c17-16(18)6-11(7-16)21-14(24)12-8-15(25-22-12)3-1-5-23(9-15)13-2-4-19-10-20-13/h2,4,10-11H,1,3,5-9H2,(H,21,24). The van der Waals surface area contributed by atoms with Crippen molar-refractivity contribution in [2.75, 3.05) is 18.0 Å². The highest BCUT2D eigenvalue weighted by atomic mass is 19.3. The van der Waals surface area contributed by atoms with Crippen LogP contribution >= 0.6 is 0 Å². The normalized spacial score (nSPS) is 28.2. The summed E-state index contributed by atoms with van der Waals surface area (Å²) in [6.07, 6.45) is 4.63. The van der Waals surface area contributed by atoms with E-state index in [0.717, 1.165) is 25.2 Å². The number of piperidine rings is 1. The van der Waals surface area contributed by atoms with Crippen LogP contribution in [0, 0.1) is 0 Å². The number of anilines is 1. The van der Waals surface area contributed by atoms with Crippen molar-refractivity contribution in [3.8, 4) is 0 Å². The van der Waals surface area contributed by atoms with Gasteiger partial charge in [0.2, 0.25) is 0 Å². The summed E-state index contributed by atoms with van der Waals surface area (Å²) >= 11 is 0. The molecule has 1 aromatic heterocycles. The Labute approximate surface area is 143 Å². The van der Waals surface area contributed by atoms with Crippen molar-refractivity contribution < 1.29 is 18.4 Å². The summed E-state index contributed by atoms with van der Waals surface area (Å²) in [5.41, 5.74) is -0.279. The maximum Gasteiger partial charge on any atom is 0.269 e. The number of carbonyl (C=O) groups excluding carboxylic acids is 1. The van der Waals surface area contributed by atoms with E-state index in [1.165, 1.54) is 6.33 Å². The molecular weight excluding hydrogens is 332 g/mol. The average molecular weight is 351 g/mol. The minimum absolute atomic E-state index is 0.278. The number of carbonyl (C=O) groups is 1. The Balaban J connectivity index is 1.36. The van der Waals surface area contributed by atoms with Gasteiger partial charge in [0.25, 0.3) is 11.8 Å². The Morgan fingerprint density at radius 1 is 1.40 bits per heavy atom. The summed E-state index contributed by atoms with van der Waals surface area (Å²) in [7, 11) is 0. The number of amides is 1. The Morgan fingerprint density at radius 2 is 2.24 bits per heavy atom. The van der Waals surface area contributed by atoms with E-state index >= 15 is 0 Å². The molecule has 1 aliphatic carbocycles. The summed E-state index contributed by atoms with van der Waals surface area (Å²) in [6, 6.07) is 1.35. The van der Waals surface area contributed by atoms with E-state index in [1.807, 2.05) is 6.07 Å². The van der Waals surface area contributed by atoms with Crippen molar-refractivity contribution in [2.24, 2.45) is 5.16 Å². The predicted molar refractivity (Wildman–Crippen MR) is 85.5 cm³/mol.